The van der Waals surface area contributed by atoms with Gasteiger partial charge in [0.15, 0.2) is 11.9 Å². The lowest BCUT2D eigenvalue weighted by molar-refractivity contribution is -0.145. The lowest BCUT2D eigenvalue weighted by Gasteiger charge is -2.18. The summed E-state index contributed by atoms with van der Waals surface area (Å²) in [5.41, 5.74) is 2.58. The predicted octanol–water partition coefficient (Wildman–Crippen LogP) is 5.05. The number of hydrogen-bond acceptors (Lipinski definition) is 5. The quantitative estimate of drug-likeness (QED) is 0.416. The molecule has 0 saturated carbocycles. The number of para-hydroxylation sites is 1. The first-order valence-corrected chi connectivity index (χ1v) is 11.1. The molecule has 0 saturated heterocycles. The van der Waals surface area contributed by atoms with Crippen LogP contribution in [0.5, 0.6) is 0 Å². The minimum Gasteiger partial charge on any atom is -0.454 e. The van der Waals surface area contributed by atoms with Gasteiger partial charge in [-0.25, -0.2) is 4.98 Å². The molecule has 1 N–H and O–H groups in total. The van der Waals surface area contributed by atoms with Crippen molar-refractivity contribution in [3.63, 3.8) is 0 Å². The number of ether oxygens (including phenoxy) is 1. The van der Waals surface area contributed by atoms with Crippen LogP contribution in [0.25, 0.3) is 10.9 Å². The van der Waals surface area contributed by atoms with Gasteiger partial charge in [-0.05, 0) is 30.2 Å². The summed E-state index contributed by atoms with van der Waals surface area (Å²) < 4.78 is 5.57. The van der Waals surface area contributed by atoms with E-state index in [4.69, 9.17) is 4.74 Å². The second-order valence-electron chi connectivity index (χ2n) is 7.11. The Labute approximate surface area is 184 Å². The SMILES string of the molecule is CC(OC(=O)CSC(c1ccccc1)c1ccccc1)c1nc2ccccc2c(=O)[nH]1. The number of esters is 1. The number of thioether (sulfide) groups is 1. The van der Waals surface area contributed by atoms with Crippen LogP contribution in [0.3, 0.4) is 0 Å². The zero-order valence-corrected chi connectivity index (χ0v) is 17.8. The highest BCUT2D eigenvalue weighted by Gasteiger charge is 2.19. The van der Waals surface area contributed by atoms with Gasteiger partial charge >= 0.3 is 5.97 Å². The summed E-state index contributed by atoms with van der Waals surface area (Å²) in [5, 5.41) is 0.526. The van der Waals surface area contributed by atoms with E-state index in [0.29, 0.717) is 16.7 Å². The minimum absolute atomic E-state index is 0.0175. The van der Waals surface area contributed by atoms with Crippen LogP contribution < -0.4 is 5.56 Å². The van der Waals surface area contributed by atoms with E-state index < -0.39 is 6.10 Å². The third-order valence-corrected chi connectivity index (χ3v) is 6.18. The molecule has 3 aromatic carbocycles. The van der Waals surface area contributed by atoms with Gasteiger partial charge in [-0.3, -0.25) is 9.59 Å². The van der Waals surface area contributed by atoms with Gasteiger partial charge < -0.3 is 9.72 Å². The molecule has 0 amide bonds. The molecule has 156 valence electrons. The average Bonchev–Trinajstić information content (AvgIpc) is 2.80. The maximum Gasteiger partial charge on any atom is 0.316 e. The maximum absolute atomic E-state index is 12.6. The van der Waals surface area contributed by atoms with E-state index >= 15 is 0 Å². The minimum atomic E-state index is -0.655. The summed E-state index contributed by atoms with van der Waals surface area (Å²) in [4.78, 5) is 32.0. The van der Waals surface area contributed by atoms with Crippen LogP contribution in [-0.4, -0.2) is 21.7 Å². The lowest BCUT2D eigenvalue weighted by Crippen LogP contribution is -2.18. The third-order valence-electron chi connectivity index (χ3n) is 4.90. The number of hydrogen-bond donors (Lipinski definition) is 1. The Kier molecular flexibility index (Phi) is 6.48. The first-order chi connectivity index (χ1) is 15.1. The molecule has 1 aromatic heterocycles. The molecule has 0 bridgehead atoms. The molecule has 1 heterocycles. The van der Waals surface area contributed by atoms with Crippen molar-refractivity contribution in [1.82, 2.24) is 9.97 Å². The van der Waals surface area contributed by atoms with Gasteiger partial charge in [-0.1, -0.05) is 72.8 Å². The molecule has 1 unspecified atom stereocenters. The van der Waals surface area contributed by atoms with E-state index in [2.05, 4.69) is 34.2 Å². The van der Waals surface area contributed by atoms with Crippen LogP contribution in [0.2, 0.25) is 0 Å². The maximum atomic E-state index is 12.6. The molecule has 1 atom stereocenters. The molecule has 0 aliphatic carbocycles. The fourth-order valence-corrected chi connectivity index (χ4v) is 4.45. The van der Waals surface area contributed by atoms with Crippen molar-refractivity contribution >= 4 is 28.6 Å². The van der Waals surface area contributed by atoms with E-state index in [9.17, 15) is 9.59 Å². The Morgan fingerprint density at radius 2 is 1.52 bits per heavy atom. The molecular weight excluding hydrogens is 408 g/mol. The van der Waals surface area contributed by atoms with E-state index in [1.807, 2.05) is 42.5 Å². The number of nitrogens with zero attached hydrogens (tertiary/aromatic N) is 1. The summed E-state index contributed by atoms with van der Waals surface area (Å²) in [5.74, 6) is 0.159. The highest BCUT2D eigenvalue weighted by molar-refractivity contribution is 8.00. The smallest absolute Gasteiger partial charge is 0.316 e. The Balaban J connectivity index is 1.46. The van der Waals surface area contributed by atoms with Crippen molar-refractivity contribution in [1.29, 1.82) is 0 Å². The van der Waals surface area contributed by atoms with Crippen molar-refractivity contribution in [3.8, 4) is 0 Å². The van der Waals surface area contributed by atoms with Gasteiger partial charge in [-0.15, -0.1) is 11.8 Å². The van der Waals surface area contributed by atoms with E-state index in [0.717, 1.165) is 11.1 Å². The van der Waals surface area contributed by atoms with Crippen LogP contribution >= 0.6 is 11.8 Å². The largest absolute Gasteiger partial charge is 0.454 e. The van der Waals surface area contributed by atoms with Crippen molar-refractivity contribution in [3.05, 3.63) is 112 Å². The van der Waals surface area contributed by atoms with Crippen LogP contribution in [-0.2, 0) is 9.53 Å². The summed E-state index contributed by atoms with van der Waals surface area (Å²) in [6, 6.07) is 27.2. The molecule has 0 aliphatic heterocycles. The fourth-order valence-electron chi connectivity index (χ4n) is 3.38. The molecule has 5 nitrogen and oxygen atoms in total. The number of rotatable bonds is 7. The zero-order chi connectivity index (χ0) is 21.6. The molecule has 4 rings (SSSR count). The molecule has 0 aliphatic rings. The molecular formula is C25H22N2O3S. The van der Waals surface area contributed by atoms with E-state index in [-0.39, 0.29) is 22.5 Å². The second kappa shape index (κ2) is 9.62. The number of carbonyl (C=O) groups excluding carboxylic acids is 1. The van der Waals surface area contributed by atoms with Crippen LogP contribution in [0, 0.1) is 0 Å². The second-order valence-corrected chi connectivity index (χ2v) is 8.21. The zero-order valence-electron chi connectivity index (χ0n) is 17.0. The molecule has 31 heavy (non-hydrogen) atoms. The van der Waals surface area contributed by atoms with Gasteiger partial charge in [0.05, 0.1) is 21.9 Å². The summed E-state index contributed by atoms with van der Waals surface area (Å²) in [6.45, 7) is 1.71. The molecule has 0 fully saturated rings. The Morgan fingerprint density at radius 3 is 2.16 bits per heavy atom. The predicted molar refractivity (Wildman–Crippen MR) is 124 cm³/mol. The number of aromatic nitrogens is 2. The monoisotopic (exact) mass is 430 g/mol. The van der Waals surface area contributed by atoms with Crippen molar-refractivity contribution in [2.75, 3.05) is 5.75 Å². The van der Waals surface area contributed by atoms with Gasteiger partial charge in [0.25, 0.3) is 5.56 Å². The average molecular weight is 431 g/mol. The fraction of sp³-hybridized carbons (Fsp3) is 0.160. The van der Waals surface area contributed by atoms with Gasteiger partial charge in [-0.2, -0.15) is 0 Å². The molecule has 6 heteroatoms. The Hall–Kier alpha value is -3.38. The number of aromatic amines is 1. The van der Waals surface area contributed by atoms with E-state index in [1.54, 1.807) is 25.1 Å². The summed E-state index contributed by atoms with van der Waals surface area (Å²) in [7, 11) is 0. The van der Waals surface area contributed by atoms with Gasteiger partial charge in [0.2, 0.25) is 0 Å². The number of fused-ring (bicyclic) bond motifs is 1. The third kappa shape index (κ3) is 5.03. The summed E-state index contributed by atoms with van der Waals surface area (Å²) in [6.07, 6.45) is -0.655. The van der Waals surface area contributed by atoms with E-state index in [1.165, 1.54) is 11.8 Å². The number of H-pyrrole nitrogens is 1. The Bertz CT molecular complexity index is 1190. The Morgan fingerprint density at radius 1 is 0.935 bits per heavy atom. The molecule has 0 radical (unpaired) electrons. The number of benzene rings is 3. The first kappa shape index (κ1) is 20.9. The lowest BCUT2D eigenvalue weighted by atomic mass is 10.0. The molecule has 4 aromatic rings. The highest BCUT2D eigenvalue weighted by Crippen LogP contribution is 2.35. The van der Waals surface area contributed by atoms with Gasteiger partial charge in [0, 0.05) is 0 Å². The van der Waals surface area contributed by atoms with Crippen LogP contribution in [0.4, 0.5) is 0 Å². The number of carbonyl (C=O) groups is 1. The van der Waals surface area contributed by atoms with Crippen molar-refractivity contribution < 1.29 is 9.53 Å². The number of nitrogens with one attached hydrogen (secondary N) is 1. The van der Waals surface area contributed by atoms with Gasteiger partial charge in [0.1, 0.15) is 0 Å². The van der Waals surface area contributed by atoms with Crippen LogP contribution in [0.15, 0.2) is 89.7 Å². The summed E-state index contributed by atoms with van der Waals surface area (Å²) >= 11 is 1.51. The molecule has 0 spiro atoms. The first-order valence-electron chi connectivity index (χ1n) is 10.0. The standard InChI is InChI=1S/C25H22N2O3S/c1-17(24-26-21-15-9-8-14-20(21)25(29)27-24)30-22(28)16-31-23(18-10-4-2-5-11-18)19-12-6-3-7-13-19/h2-15,17,23H,16H2,1H3,(H,26,27,29). The topological polar surface area (TPSA) is 72.0 Å². The highest BCUT2D eigenvalue weighted by atomic mass is 32.2. The normalized spacial score (nSPS) is 12.1. The van der Waals surface area contributed by atoms with Crippen LogP contribution in [0.1, 0.15) is 35.2 Å². The van der Waals surface area contributed by atoms with Crippen molar-refractivity contribution in [2.45, 2.75) is 18.3 Å². The van der Waals surface area contributed by atoms with Crippen molar-refractivity contribution in [2.24, 2.45) is 0 Å².